The lowest BCUT2D eigenvalue weighted by Gasteiger charge is -2.23. The summed E-state index contributed by atoms with van der Waals surface area (Å²) in [7, 11) is 0. The smallest absolute Gasteiger partial charge is 0.293 e. The van der Waals surface area contributed by atoms with Crippen LogP contribution in [0.15, 0.2) is 53.7 Å². The van der Waals surface area contributed by atoms with Crippen LogP contribution in [0.5, 0.6) is 0 Å². The number of amides is 1. The third-order valence-corrected chi connectivity index (χ3v) is 6.76. The molecule has 9 nitrogen and oxygen atoms in total. The molecule has 0 saturated heterocycles. The summed E-state index contributed by atoms with van der Waals surface area (Å²) in [6.07, 6.45) is 5.50. The van der Waals surface area contributed by atoms with Crippen LogP contribution in [0.3, 0.4) is 0 Å². The van der Waals surface area contributed by atoms with E-state index in [-0.39, 0.29) is 23.3 Å². The number of nitrogens with one attached hydrogen (secondary N) is 1. The van der Waals surface area contributed by atoms with Gasteiger partial charge in [0.25, 0.3) is 5.69 Å². The largest absolute Gasteiger partial charge is 0.319 e. The molecule has 0 radical (unpaired) electrons. The first-order valence-electron chi connectivity index (χ1n) is 10.6. The number of benzene rings is 2. The predicted octanol–water partition coefficient (Wildman–Crippen LogP) is 4.87. The number of carbonyl (C=O) groups is 1. The molecule has 166 valence electrons. The van der Waals surface area contributed by atoms with E-state index in [9.17, 15) is 14.9 Å². The highest BCUT2D eigenvalue weighted by Crippen LogP contribution is 2.38. The van der Waals surface area contributed by atoms with Gasteiger partial charge in [0.15, 0.2) is 0 Å². The van der Waals surface area contributed by atoms with Crippen molar-refractivity contribution in [2.45, 2.75) is 55.5 Å². The highest BCUT2D eigenvalue weighted by atomic mass is 32.2. The Kier molecular flexibility index (Phi) is 6.79. The maximum Gasteiger partial charge on any atom is 0.293 e. The molecule has 3 aromatic rings. The zero-order valence-electron chi connectivity index (χ0n) is 17.7. The third kappa shape index (κ3) is 4.96. The molecule has 1 aliphatic carbocycles. The maximum atomic E-state index is 13.4. The maximum absolute atomic E-state index is 13.4. The molecular formula is C22H24N6O3S. The highest BCUT2D eigenvalue weighted by molar-refractivity contribution is 8.00. The Morgan fingerprint density at radius 2 is 1.94 bits per heavy atom. The van der Waals surface area contributed by atoms with Crippen LogP contribution >= 0.6 is 11.8 Å². The number of nitro benzene ring substituents is 1. The van der Waals surface area contributed by atoms with E-state index in [0.717, 1.165) is 36.8 Å². The van der Waals surface area contributed by atoms with E-state index in [2.05, 4.69) is 20.8 Å². The normalized spacial score (nSPS) is 15.3. The number of hydrogen-bond acceptors (Lipinski definition) is 7. The Morgan fingerprint density at radius 1 is 1.19 bits per heavy atom. The van der Waals surface area contributed by atoms with Crippen molar-refractivity contribution in [2.24, 2.45) is 0 Å². The summed E-state index contributed by atoms with van der Waals surface area (Å²) in [5.41, 5.74) is 1.54. The average molecular weight is 453 g/mol. The number of carbonyl (C=O) groups excluding carboxylic acids is 1. The fourth-order valence-corrected chi connectivity index (χ4v) is 4.97. The standard InChI is InChI=1S/C22H24N6O3S/c1-15-12-13-18(19(14-15)28(30)31)23-21(29)20(16-8-4-2-5-9-16)32-22-24-25-26-27(22)17-10-6-3-7-11-17/h2,4-5,8-9,12-14,17,20H,3,6-7,10-11H2,1H3,(H,23,29). The molecule has 0 aliphatic heterocycles. The second-order valence-electron chi connectivity index (χ2n) is 7.87. The Labute approximate surface area is 189 Å². The molecule has 2 aromatic carbocycles. The summed E-state index contributed by atoms with van der Waals surface area (Å²) in [5, 5.41) is 26.4. The molecule has 1 saturated carbocycles. The number of aryl methyl sites for hydroxylation is 1. The number of tetrazole rings is 1. The van der Waals surface area contributed by atoms with Crippen molar-refractivity contribution in [3.05, 3.63) is 69.8 Å². The second-order valence-corrected chi connectivity index (χ2v) is 8.95. The van der Waals surface area contributed by atoms with Crippen LogP contribution in [-0.4, -0.2) is 31.0 Å². The summed E-state index contributed by atoms with van der Waals surface area (Å²) in [4.78, 5) is 24.4. The van der Waals surface area contributed by atoms with Gasteiger partial charge in [-0.15, -0.1) is 5.10 Å². The van der Waals surface area contributed by atoms with Gasteiger partial charge in [0, 0.05) is 6.07 Å². The van der Waals surface area contributed by atoms with E-state index in [1.807, 2.05) is 35.0 Å². The van der Waals surface area contributed by atoms with E-state index in [1.54, 1.807) is 19.1 Å². The Balaban J connectivity index is 1.62. The Hall–Kier alpha value is -3.27. The van der Waals surface area contributed by atoms with E-state index < -0.39 is 10.2 Å². The average Bonchev–Trinajstić information content (AvgIpc) is 3.28. The van der Waals surface area contributed by atoms with E-state index in [0.29, 0.717) is 5.16 Å². The fraction of sp³-hybridized carbons (Fsp3) is 0.364. The van der Waals surface area contributed by atoms with Gasteiger partial charge in [-0.2, -0.15) is 0 Å². The van der Waals surface area contributed by atoms with Crippen LogP contribution in [0.2, 0.25) is 0 Å². The fourth-order valence-electron chi connectivity index (χ4n) is 3.92. The zero-order chi connectivity index (χ0) is 22.5. The monoisotopic (exact) mass is 452 g/mol. The molecule has 0 spiro atoms. The van der Waals surface area contributed by atoms with Gasteiger partial charge in [0.1, 0.15) is 10.9 Å². The molecule has 1 fully saturated rings. The lowest BCUT2D eigenvalue weighted by atomic mass is 9.96. The molecule has 0 bridgehead atoms. The number of anilines is 1. The van der Waals surface area contributed by atoms with Crippen molar-refractivity contribution in [3.63, 3.8) is 0 Å². The lowest BCUT2D eigenvalue weighted by molar-refractivity contribution is -0.384. The van der Waals surface area contributed by atoms with Crippen LogP contribution in [-0.2, 0) is 4.79 Å². The number of nitrogens with zero attached hydrogens (tertiary/aromatic N) is 5. The summed E-state index contributed by atoms with van der Waals surface area (Å²) < 4.78 is 1.82. The van der Waals surface area contributed by atoms with Gasteiger partial charge >= 0.3 is 0 Å². The van der Waals surface area contributed by atoms with Crippen molar-refractivity contribution in [3.8, 4) is 0 Å². The first-order valence-corrected chi connectivity index (χ1v) is 11.5. The summed E-state index contributed by atoms with van der Waals surface area (Å²) in [6, 6.07) is 14.3. The van der Waals surface area contributed by atoms with Crippen LogP contribution in [0.4, 0.5) is 11.4 Å². The van der Waals surface area contributed by atoms with Crippen molar-refractivity contribution in [1.82, 2.24) is 20.2 Å². The van der Waals surface area contributed by atoms with Crippen LogP contribution in [0.1, 0.15) is 54.5 Å². The Bertz CT molecular complexity index is 1100. The number of thioether (sulfide) groups is 1. The highest BCUT2D eigenvalue weighted by Gasteiger charge is 2.29. The van der Waals surface area contributed by atoms with Gasteiger partial charge in [0.05, 0.1) is 11.0 Å². The summed E-state index contributed by atoms with van der Waals surface area (Å²) in [6.45, 7) is 1.77. The molecule has 1 aliphatic rings. The predicted molar refractivity (Wildman–Crippen MR) is 121 cm³/mol. The molecule has 1 heterocycles. The first kappa shape index (κ1) is 21.9. The number of aromatic nitrogens is 4. The number of hydrogen-bond donors (Lipinski definition) is 1. The van der Waals surface area contributed by atoms with E-state index >= 15 is 0 Å². The summed E-state index contributed by atoms with van der Waals surface area (Å²) in [5.74, 6) is -0.369. The third-order valence-electron chi connectivity index (χ3n) is 5.55. The van der Waals surface area contributed by atoms with E-state index in [1.165, 1.54) is 24.2 Å². The van der Waals surface area contributed by atoms with Crippen molar-refractivity contribution < 1.29 is 9.72 Å². The van der Waals surface area contributed by atoms with Gasteiger partial charge < -0.3 is 5.32 Å². The zero-order valence-corrected chi connectivity index (χ0v) is 18.5. The van der Waals surface area contributed by atoms with Crippen LogP contribution < -0.4 is 5.32 Å². The molecule has 1 unspecified atom stereocenters. The van der Waals surface area contributed by atoms with Crippen molar-refractivity contribution in [2.75, 3.05) is 5.32 Å². The molecule has 1 N–H and O–H groups in total. The molecule has 1 atom stereocenters. The van der Waals surface area contributed by atoms with Gasteiger partial charge in [-0.25, -0.2) is 4.68 Å². The van der Waals surface area contributed by atoms with Gasteiger partial charge in [-0.1, -0.05) is 67.4 Å². The minimum atomic E-state index is -0.676. The topological polar surface area (TPSA) is 116 Å². The Morgan fingerprint density at radius 3 is 2.66 bits per heavy atom. The van der Waals surface area contributed by atoms with Crippen molar-refractivity contribution >= 4 is 29.0 Å². The first-order chi connectivity index (χ1) is 15.5. The van der Waals surface area contributed by atoms with Crippen LogP contribution in [0.25, 0.3) is 0 Å². The van der Waals surface area contributed by atoms with Gasteiger partial charge in [0.2, 0.25) is 11.1 Å². The molecule has 32 heavy (non-hydrogen) atoms. The SMILES string of the molecule is Cc1ccc(NC(=O)C(Sc2nnnn2C2CCCCC2)c2ccccc2)c([N+](=O)[O-])c1. The molecule has 1 aromatic heterocycles. The van der Waals surface area contributed by atoms with Crippen LogP contribution in [0, 0.1) is 17.0 Å². The van der Waals surface area contributed by atoms with Gasteiger partial charge in [-0.05, 0) is 47.4 Å². The molecule has 1 amide bonds. The summed E-state index contributed by atoms with van der Waals surface area (Å²) >= 11 is 1.26. The number of nitro groups is 1. The number of rotatable bonds is 7. The minimum absolute atomic E-state index is 0.137. The second kappa shape index (κ2) is 9.90. The van der Waals surface area contributed by atoms with Gasteiger partial charge in [-0.3, -0.25) is 14.9 Å². The molecule has 10 heteroatoms. The molecular weight excluding hydrogens is 428 g/mol. The van der Waals surface area contributed by atoms with Crippen molar-refractivity contribution in [1.29, 1.82) is 0 Å². The minimum Gasteiger partial charge on any atom is -0.319 e. The lowest BCUT2D eigenvalue weighted by Crippen LogP contribution is -2.21. The molecule has 4 rings (SSSR count). The van der Waals surface area contributed by atoms with E-state index in [4.69, 9.17) is 0 Å². The quantitative estimate of drug-likeness (QED) is 0.309.